The van der Waals surface area contributed by atoms with Gasteiger partial charge in [0, 0.05) is 12.1 Å². The van der Waals surface area contributed by atoms with E-state index < -0.39 is 0 Å². The average Bonchev–Trinajstić information content (AvgIpc) is 2.80. The second-order valence-electron chi connectivity index (χ2n) is 8.02. The molecule has 3 aliphatic rings. The van der Waals surface area contributed by atoms with Gasteiger partial charge in [-0.05, 0) is 56.6 Å². The van der Waals surface area contributed by atoms with Crippen molar-refractivity contribution >= 4 is 30.1 Å². The lowest BCUT2D eigenvalue weighted by atomic mass is 9.67. The number of carbonyl (C=O) groups excluding carboxylic acids is 3. The first-order valence-corrected chi connectivity index (χ1v) is 9.46. The van der Waals surface area contributed by atoms with E-state index in [1.165, 1.54) is 6.42 Å². The zero-order valence-corrected chi connectivity index (χ0v) is 16.3. The first-order valence-electron chi connectivity index (χ1n) is 9.46. The molecule has 0 radical (unpaired) electrons. The number of fused-ring (bicyclic) bond motifs is 3. The van der Waals surface area contributed by atoms with E-state index in [-0.39, 0.29) is 48.8 Å². The van der Waals surface area contributed by atoms with Crippen molar-refractivity contribution < 1.29 is 14.4 Å². The molecule has 2 unspecified atom stereocenters. The quantitative estimate of drug-likeness (QED) is 0.771. The number of hydrogen-bond donors (Lipinski definition) is 2. The smallest absolute Gasteiger partial charge is 0.262 e. The molecule has 6 nitrogen and oxygen atoms in total. The van der Waals surface area contributed by atoms with Crippen molar-refractivity contribution in [3.63, 3.8) is 0 Å². The standard InChI is InChI=1S/C20H25N3O3.ClH/c1-11-5-6-15-16(7-11)20(26)23(19(15)25)10-17(24)22-18-12-3-2-4-13(18)9-14(21)8-12;/h5-7,12-14,18H,2-4,8-10,21H2,1H3,(H,22,24);1H. The second kappa shape index (κ2) is 7.60. The maximum Gasteiger partial charge on any atom is 0.262 e. The van der Waals surface area contributed by atoms with Gasteiger partial charge in [0.05, 0.1) is 11.1 Å². The summed E-state index contributed by atoms with van der Waals surface area (Å²) in [5.41, 5.74) is 7.83. The Morgan fingerprint density at radius 1 is 1.15 bits per heavy atom. The number of rotatable bonds is 3. The number of hydrogen-bond acceptors (Lipinski definition) is 4. The van der Waals surface area contributed by atoms with Crippen LogP contribution in [-0.2, 0) is 4.79 Å². The minimum Gasteiger partial charge on any atom is -0.351 e. The highest BCUT2D eigenvalue weighted by atomic mass is 35.5. The zero-order chi connectivity index (χ0) is 18.4. The van der Waals surface area contributed by atoms with Crippen LogP contribution >= 0.6 is 12.4 Å². The fraction of sp³-hybridized carbons (Fsp3) is 0.550. The molecule has 27 heavy (non-hydrogen) atoms. The Balaban J connectivity index is 0.00000210. The third-order valence-electron chi connectivity index (χ3n) is 6.13. The predicted molar refractivity (Wildman–Crippen MR) is 104 cm³/mol. The normalized spacial score (nSPS) is 29.2. The number of imide groups is 1. The number of nitrogens with one attached hydrogen (secondary N) is 1. The largest absolute Gasteiger partial charge is 0.351 e. The van der Waals surface area contributed by atoms with Crippen LogP contribution in [0.5, 0.6) is 0 Å². The van der Waals surface area contributed by atoms with Crippen molar-refractivity contribution in [3.8, 4) is 0 Å². The molecule has 3 amide bonds. The Bertz CT molecular complexity index is 768. The van der Waals surface area contributed by atoms with Crippen molar-refractivity contribution in [1.29, 1.82) is 0 Å². The van der Waals surface area contributed by atoms with Gasteiger partial charge >= 0.3 is 0 Å². The van der Waals surface area contributed by atoms with E-state index in [0.717, 1.165) is 36.1 Å². The highest BCUT2D eigenvalue weighted by Crippen LogP contribution is 2.39. The fourth-order valence-electron chi connectivity index (χ4n) is 4.95. The van der Waals surface area contributed by atoms with E-state index in [0.29, 0.717) is 23.0 Å². The first kappa shape index (κ1) is 19.8. The molecule has 1 heterocycles. The molecule has 1 aliphatic heterocycles. The highest BCUT2D eigenvalue weighted by Gasteiger charge is 2.41. The molecule has 2 aliphatic carbocycles. The maximum absolute atomic E-state index is 12.6. The van der Waals surface area contributed by atoms with Gasteiger partial charge in [-0.2, -0.15) is 0 Å². The minimum atomic E-state index is -0.383. The number of amides is 3. The number of carbonyl (C=O) groups is 3. The van der Waals surface area contributed by atoms with Gasteiger partial charge in [0.15, 0.2) is 0 Å². The Hall–Kier alpha value is -1.92. The average molecular weight is 392 g/mol. The SMILES string of the molecule is Cc1ccc2c(c1)C(=O)N(CC(=O)NC1C3CCCC1CC(N)C3)C2=O.Cl. The van der Waals surface area contributed by atoms with Gasteiger partial charge in [-0.15, -0.1) is 12.4 Å². The topological polar surface area (TPSA) is 92.5 Å². The van der Waals surface area contributed by atoms with Gasteiger partial charge in [-0.25, -0.2) is 0 Å². The summed E-state index contributed by atoms with van der Waals surface area (Å²) < 4.78 is 0. The molecule has 2 bridgehead atoms. The van der Waals surface area contributed by atoms with Crippen molar-refractivity contribution in [2.45, 2.75) is 51.1 Å². The third-order valence-corrected chi connectivity index (χ3v) is 6.13. The number of benzene rings is 1. The molecule has 2 saturated carbocycles. The van der Waals surface area contributed by atoms with Crippen LogP contribution in [0.2, 0.25) is 0 Å². The molecule has 0 saturated heterocycles. The van der Waals surface area contributed by atoms with Crippen molar-refractivity contribution in [2.75, 3.05) is 6.54 Å². The molecule has 2 fully saturated rings. The Morgan fingerprint density at radius 2 is 1.78 bits per heavy atom. The molecular weight excluding hydrogens is 366 g/mol. The molecule has 3 N–H and O–H groups in total. The van der Waals surface area contributed by atoms with Crippen molar-refractivity contribution in [3.05, 3.63) is 34.9 Å². The maximum atomic E-state index is 12.6. The van der Waals surface area contributed by atoms with Crippen LogP contribution < -0.4 is 11.1 Å². The van der Waals surface area contributed by atoms with Gasteiger partial charge < -0.3 is 11.1 Å². The van der Waals surface area contributed by atoms with E-state index in [2.05, 4.69) is 5.32 Å². The van der Waals surface area contributed by atoms with Crippen LogP contribution in [0, 0.1) is 18.8 Å². The van der Waals surface area contributed by atoms with Crippen LogP contribution in [0.4, 0.5) is 0 Å². The van der Waals surface area contributed by atoms with Crippen LogP contribution in [0.15, 0.2) is 18.2 Å². The summed E-state index contributed by atoms with van der Waals surface area (Å²) in [5.74, 6) is -0.202. The van der Waals surface area contributed by atoms with Crippen molar-refractivity contribution in [2.24, 2.45) is 17.6 Å². The molecule has 0 aromatic heterocycles. The summed E-state index contributed by atoms with van der Waals surface area (Å²) in [5, 5.41) is 3.11. The predicted octanol–water partition coefficient (Wildman–Crippen LogP) is 2.04. The molecule has 0 spiro atoms. The number of halogens is 1. The summed E-state index contributed by atoms with van der Waals surface area (Å²) >= 11 is 0. The van der Waals surface area contributed by atoms with Gasteiger partial charge in [0.1, 0.15) is 6.54 Å². The van der Waals surface area contributed by atoms with E-state index in [4.69, 9.17) is 5.73 Å². The van der Waals surface area contributed by atoms with Crippen LogP contribution in [0.1, 0.15) is 58.4 Å². The third kappa shape index (κ3) is 3.60. The van der Waals surface area contributed by atoms with Gasteiger partial charge in [-0.3, -0.25) is 19.3 Å². The monoisotopic (exact) mass is 391 g/mol. The Kier molecular flexibility index (Phi) is 5.58. The van der Waals surface area contributed by atoms with Crippen LogP contribution in [0.25, 0.3) is 0 Å². The minimum absolute atomic E-state index is 0. The van der Waals surface area contributed by atoms with Crippen molar-refractivity contribution in [1.82, 2.24) is 10.2 Å². The Morgan fingerprint density at radius 3 is 2.44 bits per heavy atom. The first-order chi connectivity index (χ1) is 12.4. The molecule has 1 aromatic carbocycles. The molecule has 7 heteroatoms. The summed E-state index contributed by atoms with van der Waals surface area (Å²) in [4.78, 5) is 38.7. The van der Waals surface area contributed by atoms with E-state index >= 15 is 0 Å². The van der Waals surface area contributed by atoms with Crippen LogP contribution in [-0.4, -0.2) is 41.2 Å². The lowest BCUT2D eigenvalue weighted by molar-refractivity contribution is -0.123. The summed E-state index contributed by atoms with van der Waals surface area (Å²) in [6, 6.07) is 5.52. The fourth-order valence-corrected chi connectivity index (χ4v) is 4.95. The van der Waals surface area contributed by atoms with E-state index in [1.807, 2.05) is 6.92 Å². The summed E-state index contributed by atoms with van der Waals surface area (Å²) in [6.07, 6.45) is 5.23. The molecule has 4 rings (SSSR count). The molecule has 146 valence electrons. The number of nitrogens with two attached hydrogens (primary N) is 1. The second-order valence-corrected chi connectivity index (χ2v) is 8.02. The summed E-state index contributed by atoms with van der Waals surface area (Å²) in [7, 11) is 0. The van der Waals surface area contributed by atoms with E-state index in [9.17, 15) is 14.4 Å². The molecule has 1 aromatic rings. The van der Waals surface area contributed by atoms with E-state index in [1.54, 1.807) is 18.2 Å². The summed E-state index contributed by atoms with van der Waals surface area (Å²) in [6.45, 7) is 1.66. The molecular formula is C20H26ClN3O3. The number of aryl methyl sites for hydroxylation is 1. The number of nitrogens with zero attached hydrogens (tertiary/aromatic N) is 1. The lowest BCUT2D eigenvalue weighted by Gasteiger charge is -2.45. The highest BCUT2D eigenvalue weighted by molar-refractivity contribution is 6.22. The van der Waals surface area contributed by atoms with Gasteiger partial charge in [0.25, 0.3) is 11.8 Å². The van der Waals surface area contributed by atoms with Crippen LogP contribution in [0.3, 0.4) is 0 Å². The Labute approximate surface area is 165 Å². The van der Waals surface area contributed by atoms with Gasteiger partial charge in [-0.1, -0.05) is 18.1 Å². The van der Waals surface area contributed by atoms with Gasteiger partial charge in [0.2, 0.25) is 5.91 Å². The lowest BCUT2D eigenvalue weighted by Crippen LogP contribution is -2.55. The molecule has 2 atom stereocenters. The zero-order valence-electron chi connectivity index (χ0n) is 15.4.